The average molecular weight is 178 g/mol. The zero-order chi connectivity index (χ0) is 8.69. The Morgan fingerprint density at radius 3 is 2.73 bits per heavy atom. The largest absolute Gasteiger partial charge is 0.480 e. The number of hydrogen-bond acceptors (Lipinski definition) is 3. The maximum absolute atomic E-state index is 10.2. The maximum atomic E-state index is 10.2. The standard InChI is InChI=1S/C6H15N2O2P/c7-5(6(9)10)3-1-2-4-8-11/h5,8H,1-4,7,11H2,(H,9,10). The number of nitrogens with one attached hydrogen (secondary N) is 1. The lowest BCUT2D eigenvalue weighted by Gasteiger charge is -2.04. The van der Waals surface area contributed by atoms with Gasteiger partial charge in [-0.15, -0.1) is 0 Å². The topological polar surface area (TPSA) is 75.3 Å². The normalized spacial score (nSPS) is 12.9. The van der Waals surface area contributed by atoms with E-state index in [1.54, 1.807) is 0 Å². The number of aliphatic carboxylic acids is 1. The fourth-order valence-electron chi connectivity index (χ4n) is 0.715. The third-order valence-corrected chi connectivity index (χ3v) is 1.69. The number of hydrogen-bond donors (Lipinski definition) is 3. The predicted molar refractivity (Wildman–Crippen MR) is 47.2 cm³/mol. The summed E-state index contributed by atoms with van der Waals surface area (Å²) >= 11 is 0. The molecular formula is C6H15N2O2P. The smallest absolute Gasteiger partial charge is 0.320 e. The van der Waals surface area contributed by atoms with Gasteiger partial charge in [-0.05, 0) is 19.4 Å². The Balaban J connectivity index is 3.17. The summed E-state index contributed by atoms with van der Waals surface area (Å²) in [6.07, 6.45) is 2.38. The number of carbonyl (C=O) groups is 1. The van der Waals surface area contributed by atoms with Crippen molar-refractivity contribution in [3.63, 3.8) is 0 Å². The van der Waals surface area contributed by atoms with Crippen LogP contribution in [0.25, 0.3) is 0 Å². The van der Waals surface area contributed by atoms with Crippen LogP contribution in [0.5, 0.6) is 0 Å². The molecule has 2 unspecified atom stereocenters. The Kier molecular flexibility index (Phi) is 6.42. The van der Waals surface area contributed by atoms with Gasteiger partial charge in [-0.25, -0.2) is 0 Å². The number of rotatable bonds is 6. The van der Waals surface area contributed by atoms with Gasteiger partial charge in [-0.1, -0.05) is 15.8 Å². The minimum Gasteiger partial charge on any atom is -0.480 e. The summed E-state index contributed by atoms with van der Waals surface area (Å²) in [7, 11) is 2.39. The lowest BCUT2D eigenvalue weighted by molar-refractivity contribution is -0.138. The van der Waals surface area contributed by atoms with E-state index in [4.69, 9.17) is 10.8 Å². The first kappa shape index (κ1) is 10.8. The molecule has 0 aromatic rings. The lowest BCUT2D eigenvalue weighted by Crippen LogP contribution is -2.29. The molecule has 11 heavy (non-hydrogen) atoms. The van der Waals surface area contributed by atoms with Crippen molar-refractivity contribution in [2.24, 2.45) is 5.73 Å². The Bertz CT molecular complexity index is 121. The van der Waals surface area contributed by atoms with Crippen LogP contribution in [0.1, 0.15) is 19.3 Å². The molecule has 0 rings (SSSR count). The molecule has 0 radical (unpaired) electrons. The van der Waals surface area contributed by atoms with E-state index >= 15 is 0 Å². The minimum absolute atomic E-state index is 0.557. The van der Waals surface area contributed by atoms with Crippen molar-refractivity contribution >= 4 is 15.4 Å². The summed E-state index contributed by atoms with van der Waals surface area (Å²) in [6.45, 7) is 0.886. The maximum Gasteiger partial charge on any atom is 0.320 e. The van der Waals surface area contributed by atoms with E-state index in [1.807, 2.05) is 0 Å². The second-order valence-electron chi connectivity index (χ2n) is 2.39. The van der Waals surface area contributed by atoms with Crippen LogP contribution in [0.2, 0.25) is 0 Å². The van der Waals surface area contributed by atoms with Crippen LogP contribution in [0.4, 0.5) is 0 Å². The molecule has 0 aromatic carbocycles. The van der Waals surface area contributed by atoms with Gasteiger partial charge < -0.3 is 15.9 Å². The SMILES string of the molecule is NC(CCCCNP)C(=O)O. The second-order valence-corrected chi connectivity index (χ2v) is 2.80. The molecule has 0 aliphatic carbocycles. The van der Waals surface area contributed by atoms with Gasteiger partial charge in [0.05, 0.1) is 0 Å². The molecule has 0 saturated carbocycles. The fourth-order valence-corrected chi connectivity index (χ4v) is 0.919. The zero-order valence-electron chi connectivity index (χ0n) is 6.42. The molecule has 4 N–H and O–H groups in total. The van der Waals surface area contributed by atoms with Crippen LogP contribution in [0.3, 0.4) is 0 Å². The van der Waals surface area contributed by atoms with Crippen molar-refractivity contribution in [3.05, 3.63) is 0 Å². The molecule has 0 saturated heterocycles. The molecule has 66 valence electrons. The van der Waals surface area contributed by atoms with E-state index in [0.29, 0.717) is 6.42 Å². The van der Waals surface area contributed by atoms with E-state index in [9.17, 15) is 4.79 Å². The molecule has 0 amide bonds. The van der Waals surface area contributed by atoms with Crippen LogP contribution >= 0.6 is 9.39 Å². The highest BCUT2D eigenvalue weighted by Crippen LogP contribution is 1.98. The fraction of sp³-hybridized carbons (Fsp3) is 0.833. The molecule has 5 heteroatoms. The quantitative estimate of drug-likeness (QED) is 0.393. The van der Waals surface area contributed by atoms with Crippen LogP contribution in [0, 0.1) is 0 Å². The van der Waals surface area contributed by atoms with Crippen LogP contribution < -0.4 is 10.8 Å². The van der Waals surface area contributed by atoms with Crippen molar-refractivity contribution in [1.82, 2.24) is 5.09 Å². The van der Waals surface area contributed by atoms with E-state index in [1.165, 1.54) is 0 Å². The van der Waals surface area contributed by atoms with Crippen LogP contribution in [-0.2, 0) is 4.79 Å². The van der Waals surface area contributed by atoms with Crippen molar-refractivity contribution in [2.75, 3.05) is 6.54 Å². The highest BCUT2D eigenvalue weighted by Gasteiger charge is 2.09. The average Bonchev–Trinajstić information content (AvgIpc) is 1.97. The monoisotopic (exact) mass is 178 g/mol. The van der Waals surface area contributed by atoms with Crippen LogP contribution in [0.15, 0.2) is 0 Å². The first-order chi connectivity index (χ1) is 5.18. The summed E-state index contributed by atoms with van der Waals surface area (Å²) in [5.74, 6) is -0.913. The van der Waals surface area contributed by atoms with Crippen molar-refractivity contribution in [2.45, 2.75) is 25.3 Å². The summed E-state index contributed by atoms with van der Waals surface area (Å²) in [4.78, 5) is 10.2. The summed E-state index contributed by atoms with van der Waals surface area (Å²) in [5.41, 5.74) is 5.27. The second kappa shape index (κ2) is 6.53. The van der Waals surface area contributed by atoms with E-state index in [0.717, 1.165) is 19.4 Å². The lowest BCUT2D eigenvalue weighted by atomic mass is 10.1. The van der Waals surface area contributed by atoms with Gasteiger partial charge >= 0.3 is 5.97 Å². The van der Waals surface area contributed by atoms with Gasteiger partial charge in [0, 0.05) is 0 Å². The van der Waals surface area contributed by atoms with Crippen molar-refractivity contribution in [3.8, 4) is 0 Å². The third-order valence-electron chi connectivity index (χ3n) is 1.40. The molecule has 0 fully saturated rings. The Morgan fingerprint density at radius 2 is 2.27 bits per heavy atom. The van der Waals surface area contributed by atoms with E-state index < -0.39 is 12.0 Å². The Morgan fingerprint density at radius 1 is 1.64 bits per heavy atom. The third kappa shape index (κ3) is 6.23. The molecule has 0 bridgehead atoms. The van der Waals surface area contributed by atoms with E-state index in [-0.39, 0.29) is 0 Å². The van der Waals surface area contributed by atoms with Gasteiger partial charge in [-0.3, -0.25) is 4.79 Å². The first-order valence-electron chi connectivity index (χ1n) is 3.60. The molecule has 4 nitrogen and oxygen atoms in total. The van der Waals surface area contributed by atoms with Gasteiger partial charge in [0.25, 0.3) is 0 Å². The Labute approximate surface area is 68.8 Å². The number of unbranched alkanes of at least 4 members (excludes halogenated alkanes) is 1. The van der Waals surface area contributed by atoms with Gasteiger partial charge in [0.2, 0.25) is 0 Å². The first-order valence-corrected chi connectivity index (χ1v) is 4.18. The molecular weight excluding hydrogens is 163 g/mol. The molecule has 0 aromatic heterocycles. The molecule has 0 heterocycles. The zero-order valence-corrected chi connectivity index (χ0v) is 7.57. The van der Waals surface area contributed by atoms with Crippen molar-refractivity contribution < 1.29 is 9.90 Å². The predicted octanol–water partition coefficient (Wildman–Crippen LogP) is -0.0517. The highest BCUT2D eigenvalue weighted by atomic mass is 31.0. The Hall–Kier alpha value is -0.180. The van der Waals surface area contributed by atoms with Crippen LogP contribution in [-0.4, -0.2) is 23.7 Å². The van der Waals surface area contributed by atoms with Gasteiger partial charge in [-0.2, -0.15) is 0 Å². The summed E-state index contributed by atoms with van der Waals surface area (Å²) in [5, 5.41) is 11.3. The molecule has 0 aliphatic heterocycles. The minimum atomic E-state index is -0.913. The van der Waals surface area contributed by atoms with E-state index in [2.05, 4.69) is 14.5 Å². The molecule has 2 atom stereocenters. The summed E-state index contributed by atoms with van der Waals surface area (Å²) < 4.78 is 0. The van der Waals surface area contributed by atoms with Gasteiger partial charge in [0.1, 0.15) is 6.04 Å². The number of nitrogens with two attached hydrogens (primary N) is 1. The highest BCUT2D eigenvalue weighted by molar-refractivity contribution is 7.13. The van der Waals surface area contributed by atoms with Gasteiger partial charge in [0.15, 0.2) is 0 Å². The van der Waals surface area contributed by atoms with Crippen molar-refractivity contribution in [1.29, 1.82) is 0 Å². The summed E-state index contributed by atoms with van der Waals surface area (Å²) in [6, 6.07) is -0.695. The number of carboxylic acid groups (broad SMARTS) is 1. The molecule has 0 spiro atoms. The molecule has 0 aliphatic rings. The number of carboxylic acids is 1.